The van der Waals surface area contributed by atoms with E-state index in [0.29, 0.717) is 0 Å². The topological polar surface area (TPSA) is 87.6 Å². The maximum absolute atomic E-state index is 12.4. The monoisotopic (exact) mass is 340 g/mol. The number of aromatic nitrogens is 4. The van der Waals surface area contributed by atoms with Gasteiger partial charge in [-0.3, -0.25) is 4.68 Å². The summed E-state index contributed by atoms with van der Waals surface area (Å²) >= 11 is 0. The number of hydrogen-bond donors (Lipinski definition) is 3. The molecular weight excluding hydrogens is 316 g/mol. The Labute approximate surface area is 146 Å². The van der Waals surface area contributed by atoms with Crippen LogP contribution in [0.4, 0.5) is 4.79 Å². The maximum Gasteiger partial charge on any atom is 0.315 e. The molecule has 3 rings (SSSR count). The van der Waals surface area contributed by atoms with Crippen molar-refractivity contribution in [2.75, 3.05) is 0 Å². The summed E-state index contributed by atoms with van der Waals surface area (Å²) in [5.74, 6) is 0.959. The fourth-order valence-corrected chi connectivity index (χ4v) is 2.80. The van der Waals surface area contributed by atoms with Gasteiger partial charge in [-0.05, 0) is 25.0 Å². The van der Waals surface area contributed by atoms with E-state index in [1.165, 1.54) is 0 Å². The molecular formula is C18H24N6O. The van der Waals surface area contributed by atoms with E-state index in [1.807, 2.05) is 44.4 Å². The molecule has 2 heterocycles. The number of amides is 2. The second-order valence-corrected chi connectivity index (χ2v) is 6.65. The number of benzene rings is 1. The third-order valence-corrected chi connectivity index (χ3v) is 4.23. The molecule has 0 aliphatic heterocycles. The number of H-pyrrole nitrogens is 1. The van der Waals surface area contributed by atoms with Gasteiger partial charge in [0.1, 0.15) is 5.82 Å². The van der Waals surface area contributed by atoms with Gasteiger partial charge in [0, 0.05) is 18.8 Å². The first kappa shape index (κ1) is 17.0. The predicted octanol–water partition coefficient (Wildman–Crippen LogP) is 3.05. The molecule has 2 atom stereocenters. The Morgan fingerprint density at radius 2 is 1.96 bits per heavy atom. The number of rotatable bonds is 5. The summed E-state index contributed by atoms with van der Waals surface area (Å²) in [5, 5.41) is 10.1. The smallest absolute Gasteiger partial charge is 0.315 e. The van der Waals surface area contributed by atoms with E-state index in [0.717, 1.165) is 22.4 Å². The van der Waals surface area contributed by atoms with E-state index in [2.05, 4.69) is 39.5 Å². The number of hydrogen-bond acceptors (Lipinski definition) is 3. The molecule has 0 aliphatic carbocycles. The molecule has 0 saturated heterocycles. The fourth-order valence-electron chi connectivity index (χ4n) is 2.80. The van der Waals surface area contributed by atoms with Gasteiger partial charge in [-0.1, -0.05) is 26.0 Å². The van der Waals surface area contributed by atoms with Crippen molar-refractivity contribution in [2.45, 2.75) is 32.9 Å². The van der Waals surface area contributed by atoms with Crippen LogP contribution in [0.15, 0.2) is 36.7 Å². The van der Waals surface area contributed by atoms with Crippen LogP contribution in [0, 0.1) is 5.92 Å². The van der Waals surface area contributed by atoms with Crippen LogP contribution in [0.3, 0.4) is 0 Å². The molecule has 0 unspecified atom stereocenters. The van der Waals surface area contributed by atoms with Gasteiger partial charge in [0.05, 0.1) is 29.3 Å². The molecule has 2 aromatic heterocycles. The van der Waals surface area contributed by atoms with Crippen molar-refractivity contribution in [2.24, 2.45) is 13.0 Å². The fraction of sp³-hybridized carbons (Fsp3) is 0.389. The van der Waals surface area contributed by atoms with Crippen molar-refractivity contribution >= 4 is 17.1 Å². The molecule has 1 aromatic carbocycles. The van der Waals surface area contributed by atoms with Gasteiger partial charge in [0.25, 0.3) is 0 Å². The molecule has 7 nitrogen and oxygen atoms in total. The van der Waals surface area contributed by atoms with Gasteiger partial charge >= 0.3 is 6.03 Å². The van der Waals surface area contributed by atoms with E-state index in [9.17, 15) is 4.79 Å². The average Bonchev–Trinajstić information content (AvgIpc) is 3.18. The lowest BCUT2D eigenvalue weighted by Crippen LogP contribution is -2.41. The van der Waals surface area contributed by atoms with Crippen molar-refractivity contribution in [3.05, 3.63) is 48.0 Å². The number of carbonyl (C=O) groups excluding carboxylic acids is 1. The van der Waals surface area contributed by atoms with Gasteiger partial charge in [-0.2, -0.15) is 5.10 Å². The van der Waals surface area contributed by atoms with Gasteiger partial charge in [0.15, 0.2) is 0 Å². The zero-order chi connectivity index (χ0) is 18.0. The molecule has 0 saturated carbocycles. The molecule has 132 valence electrons. The number of urea groups is 1. The predicted molar refractivity (Wildman–Crippen MR) is 97.0 cm³/mol. The molecule has 0 spiro atoms. The third kappa shape index (κ3) is 3.81. The molecule has 0 radical (unpaired) electrons. The van der Waals surface area contributed by atoms with Crippen molar-refractivity contribution in [1.82, 2.24) is 30.4 Å². The normalized spacial score (nSPS) is 13.8. The number of nitrogens with zero attached hydrogens (tertiary/aromatic N) is 3. The summed E-state index contributed by atoms with van der Waals surface area (Å²) < 4.78 is 1.72. The lowest BCUT2D eigenvalue weighted by atomic mass is 10.0. The molecule has 0 fully saturated rings. The van der Waals surface area contributed by atoms with Crippen LogP contribution >= 0.6 is 0 Å². The van der Waals surface area contributed by atoms with Crippen LogP contribution in [0.25, 0.3) is 11.0 Å². The first-order valence-corrected chi connectivity index (χ1v) is 8.44. The highest BCUT2D eigenvalue weighted by atomic mass is 16.2. The Balaban J connectivity index is 1.72. The first-order valence-electron chi connectivity index (χ1n) is 8.44. The second kappa shape index (κ2) is 6.96. The third-order valence-electron chi connectivity index (χ3n) is 4.23. The minimum atomic E-state index is -0.226. The highest BCUT2D eigenvalue weighted by Crippen LogP contribution is 2.22. The molecule has 7 heteroatoms. The first-order chi connectivity index (χ1) is 11.9. The van der Waals surface area contributed by atoms with Gasteiger partial charge in [0.2, 0.25) is 0 Å². The summed E-state index contributed by atoms with van der Waals surface area (Å²) in [6.07, 6.45) is 3.65. The van der Waals surface area contributed by atoms with Gasteiger partial charge in [-0.25, -0.2) is 9.78 Å². The zero-order valence-electron chi connectivity index (χ0n) is 14.9. The Morgan fingerprint density at radius 1 is 1.20 bits per heavy atom. The molecule has 3 aromatic rings. The SMILES string of the molecule is CC(C)[C@H](NC(=O)N[C@H](C)c1cnn(C)c1)c1nc2ccccc2[nH]1. The van der Waals surface area contributed by atoms with E-state index in [-0.39, 0.29) is 24.0 Å². The zero-order valence-corrected chi connectivity index (χ0v) is 14.9. The number of aryl methyl sites for hydroxylation is 1. The van der Waals surface area contributed by atoms with Crippen molar-refractivity contribution < 1.29 is 4.79 Å². The molecule has 3 N–H and O–H groups in total. The molecule has 25 heavy (non-hydrogen) atoms. The van der Waals surface area contributed by atoms with E-state index in [4.69, 9.17) is 0 Å². The lowest BCUT2D eigenvalue weighted by Gasteiger charge is -2.22. The van der Waals surface area contributed by atoms with Crippen molar-refractivity contribution in [1.29, 1.82) is 0 Å². The Hall–Kier alpha value is -2.83. The standard InChI is InChI=1S/C18H24N6O/c1-11(2)16(17-21-14-7-5-6-8-15(14)22-17)23-18(25)20-12(3)13-9-19-24(4)10-13/h5-12,16H,1-4H3,(H,21,22)(H2,20,23,25)/t12-,16+/m1/s1. The number of carbonyl (C=O) groups is 1. The number of aromatic amines is 1. The summed E-state index contributed by atoms with van der Waals surface area (Å²) in [7, 11) is 1.85. The largest absolute Gasteiger partial charge is 0.340 e. The minimum Gasteiger partial charge on any atom is -0.340 e. The maximum atomic E-state index is 12.4. The quantitative estimate of drug-likeness (QED) is 0.667. The minimum absolute atomic E-state index is 0.128. The number of imidazole rings is 1. The molecule has 0 aliphatic rings. The van der Waals surface area contributed by atoms with Crippen LogP contribution in [0.2, 0.25) is 0 Å². The molecule has 0 bridgehead atoms. The van der Waals surface area contributed by atoms with E-state index >= 15 is 0 Å². The van der Waals surface area contributed by atoms with Gasteiger partial charge < -0.3 is 15.6 Å². The summed E-state index contributed by atoms with van der Waals surface area (Å²) in [4.78, 5) is 20.4. The van der Waals surface area contributed by atoms with Crippen LogP contribution < -0.4 is 10.6 Å². The summed E-state index contributed by atoms with van der Waals surface area (Å²) in [5.41, 5.74) is 2.82. The van der Waals surface area contributed by atoms with Crippen LogP contribution in [0.5, 0.6) is 0 Å². The Morgan fingerprint density at radius 3 is 2.60 bits per heavy atom. The van der Waals surface area contributed by atoms with Crippen LogP contribution in [-0.2, 0) is 7.05 Å². The number of nitrogens with one attached hydrogen (secondary N) is 3. The van der Waals surface area contributed by atoms with Gasteiger partial charge in [-0.15, -0.1) is 0 Å². The number of para-hydroxylation sites is 2. The highest BCUT2D eigenvalue weighted by molar-refractivity contribution is 5.76. The van der Waals surface area contributed by atoms with E-state index < -0.39 is 0 Å². The average molecular weight is 340 g/mol. The van der Waals surface area contributed by atoms with Crippen molar-refractivity contribution in [3.63, 3.8) is 0 Å². The lowest BCUT2D eigenvalue weighted by molar-refractivity contribution is 0.229. The number of fused-ring (bicyclic) bond motifs is 1. The second-order valence-electron chi connectivity index (χ2n) is 6.65. The Kier molecular flexibility index (Phi) is 4.74. The van der Waals surface area contributed by atoms with E-state index in [1.54, 1.807) is 10.9 Å². The van der Waals surface area contributed by atoms with Crippen LogP contribution in [-0.4, -0.2) is 25.8 Å². The summed E-state index contributed by atoms with van der Waals surface area (Å²) in [6.45, 7) is 6.05. The Bertz CT molecular complexity index is 832. The summed E-state index contributed by atoms with van der Waals surface area (Å²) in [6, 6.07) is 7.30. The molecule has 2 amide bonds. The highest BCUT2D eigenvalue weighted by Gasteiger charge is 2.22. The van der Waals surface area contributed by atoms with Crippen LogP contribution in [0.1, 0.15) is 44.2 Å². The van der Waals surface area contributed by atoms with Crippen molar-refractivity contribution in [3.8, 4) is 0 Å².